The molecule has 25 heavy (non-hydrogen) atoms. The molecule has 0 bridgehead atoms. The maximum absolute atomic E-state index is 12.4. The molecule has 2 aromatic rings. The molecule has 0 spiro atoms. The van der Waals surface area contributed by atoms with Crippen molar-refractivity contribution < 1.29 is 14.7 Å². The second-order valence-electron chi connectivity index (χ2n) is 6.30. The van der Waals surface area contributed by atoms with Crippen LogP contribution in [0.5, 0.6) is 5.75 Å². The summed E-state index contributed by atoms with van der Waals surface area (Å²) >= 11 is 0. The van der Waals surface area contributed by atoms with Crippen molar-refractivity contribution in [3.63, 3.8) is 0 Å². The van der Waals surface area contributed by atoms with E-state index >= 15 is 0 Å². The number of carbonyl (C=O) groups excluding carboxylic acids is 2. The van der Waals surface area contributed by atoms with Crippen molar-refractivity contribution in [2.45, 2.75) is 25.9 Å². The van der Waals surface area contributed by atoms with Crippen LogP contribution >= 0.6 is 0 Å². The number of rotatable bonds is 4. The van der Waals surface area contributed by atoms with Crippen LogP contribution in [0, 0.1) is 0 Å². The van der Waals surface area contributed by atoms with E-state index in [4.69, 9.17) is 0 Å². The number of benzene rings is 2. The normalized spacial score (nSPS) is 13.8. The molecule has 3 rings (SSSR count). The number of para-hydroxylation sites is 1. The van der Waals surface area contributed by atoms with Gasteiger partial charge >= 0.3 is 6.03 Å². The van der Waals surface area contributed by atoms with Gasteiger partial charge in [-0.05, 0) is 30.2 Å². The summed E-state index contributed by atoms with van der Waals surface area (Å²) in [5, 5.41) is 15.6. The Morgan fingerprint density at radius 2 is 2.08 bits per heavy atom. The van der Waals surface area contributed by atoms with Gasteiger partial charge in [-0.3, -0.25) is 4.79 Å². The molecule has 2 aromatic carbocycles. The number of carbonyl (C=O) groups is 2. The lowest BCUT2D eigenvalue weighted by molar-refractivity contribution is -0.115. The molecule has 6 heteroatoms. The van der Waals surface area contributed by atoms with Crippen LogP contribution in [0.2, 0.25) is 0 Å². The van der Waals surface area contributed by atoms with Crippen molar-refractivity contribution in [3.8, 4) is 5.75 Å². The standard InChI is InChI=1S/C19H21N3O3/c1-12(13-7-8-16-15(9-13)10-18(24)21-16)20-19(25)22(2)11-14-5-3-4-6-17(14)23/h3-9,12,23H,10-11H2,1-2H3,(H,20,25)(H,21,24). The van der Waals surface area contributed by atoms with Crippen LogP contribution in [-0.2, 0) is 17.8 Å². The molecule has 0 aliphatic carbocycles. The van der Waals surface area contributed by atoms with Crippen LogP contribution in [-0.4, -0.2) is 29.0 Å². The Labute approximate surface area is 146 Å². The first-order valence-corrected chi connectivity index (χ1v) is 8.15. The van der Waals surface area contributed by atoms with E-state index in [1.807, 2.05) is 31.2 Å². The third kappa shape index (κ3) is 3.74. The number of anilines is 1. The number of nitrogens with one attached hydrogen (secondary N) is 2. The van der Waals surface area contributed by atoms with Crippen molar-refractivity contribution in [1.29, 1.82) is 0 Å². The highest BCUT2D eigenvalue weighted by molar-refractivity contribution is 5.99. The van der Waals surface area contributed by atoms with Gasteiger partial charge in [0.1, 0.15) is 5.75 Å². The molecule has 1 unspecified atom stereocenters. The number of urea groups is 1. The first-order chi connectivity index (χ1) is 11.9. The lowest BCUT2D eigenvalue weighted by atomic mass is 10.0. The van der Waals surface area contributed by atoms with Gasteiger partial charge in [0.05, 0.1) is 19.0 Å². The van der Waals surface area contributed by atoms with Crippen molar-refractivity contribution >= 4 is 17.6 Å². The molecule has 130 valence electrons. The van der Waals surface area contributed by atoms with Gasteiger partial charge in [-0.1, -0.05) is 30.3 Å². The molecule has 0 aromatic heterocycles. The average Bonchev–Trinajstić information content (AvgIpc) is 2.95. The summed E-state index contributed by atoms with van der Waals surface area (Å²) in [7, 11) is 1.68. The molecule has 3 amide bonds. The number of hydrogen-bond donors (Lipinski definition) is 3. The highest BCUT2D eigenvalue weighted by Crippen LogP contribution is 2.26. The fourth-order valence-electron chi connectivity index (χ4n) is 2.87. The second-order valence-corrected chi connectivity index (χ2v) is 6.30. The minimum Gasteiger partial charge on any atom is -0.508 e. The fourth-order valence-corrected chi connectivity index (χ4v) is 2.87. The smallest absolute Gasteiger partial charge is 0.317 e. The van der Waals surface area contributed by atoms with Crippen LogP contribution < -0.4 is 10.6 Å². The molecule has 1 aliphatic heterocycles. The van der Waals surface area contributed by atoms with Crippen LogP contribution in [0.25, 0.3) is 0 Å². The summed E-state index contributed by atoms with van der Waals surface area (Å²) in [6, 6.07) is 12.2. The van der Waals surface area contributed by atoms with Crippen molar-refractivity contribution in [2.75, 3.05) is 12.4 Å². The van der Waals surface area contributed by atoms with Crippen LogP contribution in [0.1, 0.15) is 29.7 Å². The molecule has 1 atom stereocenters. The third-order valence-electron chi connectivity index (χ3n) is 4.34. The Morgan fingerprint density at radius 3 is 2.84 bits per heavy atom. The Morgan fingerprint density at radius 1 is 1.32 bits per heavy atom. The molecule has 1 aliphatic rings. The lowest BCUT2D eigenvalue weighted by Crippen LogP contribution is -2.38. The Hall–Kier alpha value is -3.02. The number of phenolic OH excluding ortho intramolecular Hbond substituents is 1. The van der Waals surface area contributed by atoms with E-state index in [1.165, 1.54) is 4.90 Å². The number of nitrogens with zero attached hydrogens (tertiary/aromatic N) is 1. The summed E-state index contributed by atoms with van der Waals surface area (Å²) in [5.41, 5.74) is 3.42. The molecule has 1 heterocycles. The van der Waals surface area contributed by atoms with E-state index < -0.39 is 0 Å². The third-order valence-corrected chi connectivity index (χ3v) is 4.34. The quantitative estimate of drug-likeness (QED) is 0.801. The minimum atomic E-state index is -0.231. The molecular weight excluding hydrogens is 318 g/mol. The highest BCUT2D eigenvalue weighted by Gasteiger charge is 2.20. The lowest BCUT2D eigenvalue weighted by Gasteiger charge is -2.22. The number of aromatic hydroxyl groups is 1. The first kappa shape index (κ1) is 16.8. The maximum Gasteiger partial charge on any atom is 0.317 e. The van der Waals surface area contributed by atoms with E-state index in [9.17, 15) is 14.7 Å². The number of hydrogen-bond acceptors (Lipinski definition) is 3. The van der Waals surface area contributed by atoms with Crippen molar-refractivity contribution in [3.05, 3.63) is 59.2 Å². The highest BCUT2D eigenvalue weighted by atomic mass is 16.3. The molecule has 0 saturated carbocycles. The van der Waals surface area contributed by atoms with Gasteiger partial charge in [0, 0.05) is 18.3 Å². The molecular formula is C19H21N3O3. The summed E-state index contributed by atoms with van der Waals surface area (Å²) in [4.78, 5) is 25.4. The van der Waals surface area contributed by atoms with Gasteiger partial charge in [0.2, 0.25) is 5.91 Å². The summed E-state index contributed by atoms with van der Waals surface area (Å²) in [6.07, 6.45) is 0.372. The van der Waals surface area contributed by atoms with Gasteiger partial charge < -0.3 is 20.6 Å². The molecule has 0 saturated heterocycles. The van der Waals surface area contributed by atoms with Crippen LogP contribution in [0.4, 0.5) is 10.5 Å². The first-order valence-electron chi connectivity index (χ1n) is 8.15. The van der Waals surface area contributed by atoms with Gasteiger partial charge in [0.15, 0.2) is 0 Å². The number of phenols is 1. The predicted octanol–water partition coefficient (Wildman–Crippen LogP) is 2.79. The Kier molecular flexibility index (Phi) is 4.61. The summed E-state index contributed by atoms with van der Waals surface area (Å²) in [5.74, 6) is 0.164. The van der Waals surface area contributed by atoms with E-state index in [0.29, 0.717) is 18.5 Å². The zero-order valence-electron chi connectivity index (χ0n) is 14.2. The van der Waals surface area contributed by atoms with E-state index in [0.717, 1.165) is 16.8 Å². The topological polar surface area (TPSA) is 81.7 Å². The SMILES string of the molecule is CC(NC(=O)N(C)Cc1ccccc1O)c1ccc2c(c1)CC(=O)N2. The predicted molar refractivity (Wildman–Crippen MR) is 95.3 cm³/mol. The van der Waals surface area contributed by atoms with Gasteiger partial charge in [0.25, 0.3) is 0 Å². The number of amides is 3. The van der Waals surface area contributed by atoms with Crippen molar-refractivity contribution in [2.24, 2.45) is 0 Å². The monoisotopic (exact) mass is 339 g/mol. The van der Waals surface area contributed by atoms with Crippen molar-refractivity contribution in [1.82, 2.24) is 10.2 Å². The van der Waals surface area contributed by atoms with E-state index in [-0.39, 0.29) is 23.7 Å². The van der Waals surface area contributed by atoms with Crippen LogP contribution in [0.3, 0.4) is 0 Å². The largest absolute Gasteiger partial charge is 0.508 e. The summed E-state index contributed by atoms with van der Waals surface area (Å²) < 4.78 is 0. The summed E-state index contributed by atoms with van der Waals surface area (Å²) in [6.45, 7) is 2.21. The zero-order chi connectivity index (χ0) is 18.0. The van der Waals surface area contributed by atoms with Gasteiger partial charge in [-0.2, -0.15) is 0 Å². The molecule has 6 nitrogen and oxygen atoms in total. The Balaban J connectivity index is 1.63. The molecule has 3 N–H and O–H groups in total. The zero-order valence-corrected chi connectivity index (χ0v) is 14.2. The Bertz CT molecular complexity index is 819. The maximum atomic E-state index is 12.4. The second kappa shape index (κ2) is 6.84. The minimum absolute atomic E-state index is 0.00811. The molecule has 0 fully saturated rings. The molecule has 0 radical (unpaired) electrons. The van der Waals surface area contributed by atoms with E-state index in [2.05, 4.69) is 10.6 Å². The van der Waals surface area contributed by atoms with Gasteiger partial charge in [-0.15, -0.1) is 0 Å². The average molecular weight is 339 g/mol. The number of fused-ring (bicyclic) bond motifs is 1. The van der Waals surface area contributed by atoms with E-state index in [1.54, 1.807) is 25.2 Å². The van der Waals surface area contributed by atoms with Crippen LogP contribution in [0.15, 0.2) is 42.5 Å². The van der Waals surface area contributed by atoms with Gasteiger partial charge in [-0.25, -0.2) is 4.79 Å². The fraction of sp³-hybridized carbons (Fsp3) is 0.263.